The van der Waals surface area contributed by atoms with Crippen molar-refractivity contribution in [1.82, 2.24) is 0 Å². The summed E-state index contributed by atoms with van der Waals surface area (Å²) < 4.78 is 39.3. The molecule has 2 N–H and O–H groups in total. The van der Waals surface area contributed by atoms with Crippen LogP contribution in [-0.4, -0.2) is 24.2 Å². The summed E-state index contributed by atoms with van der Waals surface area (Å²) in [7, 11) is -4.70. The Labute approximate surface area is 122 Å². The quantitative estimate of drug-likeness (QED) is 0.825. The van der Waals surface area contributed by atoms with Crippen LogP contribution >= 0.6 is 0 Å². The summed E-state index contributed by atoms with van der Waals surface area (Å²) >= 11 is 0. The molecule has 2 aromatic rings. The average molecular weight is 306 g/mol. The van der Waals surface area contributed by atoms with E-state index in [4.69, 9.17) is 4.74 Å². The Balaban J connectivity index is 2.24. The van der Waals surface area contributed by atoms with Crippen molar-refractivity contribution in [3.63, 3.8) is 0 Å². The molecule has 0 saturated carbocycles. The largest absolute Gasteiger partial charge is 0.461 e. The van der Waals surface area contributed by atoms with Gasteiger partial charge < -0.3 is 9.84 Å². The molecule has 0 amide bonds. The Hall–Kier alpha value is -1.89. The van der Waals surface area contributed by atoms with E-state index in [2.05, 4.69) is 0 Å². The molecule has 0 aliphatic carbocycles. The highest BCUT2D eigenvalue weighted by molar-refractivity contribution is 7.86. The third kappa shape index (κ3) is 2.12. The lowest BCUT2D eigenvalue weighted by atomic mass is 9.94. The van der Waals surface area contributed by atoms with Crippen molar-refractivity contribution in [2.75, 3.05) is 0 Å². The van der Waals surface area contributed by atoms with Crippen LogP contribution in [0.5, 0.6) is 5.75 Å². The number of aliphatic hydroxyl groups excluding tert-OH is 1. The fourth-order valence-electron chi connectivity index (χ4n) is 2.64. The van der Waals surface area contributed by atoms with E-state index >= 15 is 0 Å². The normalized spacial score (nSPS) is 25.0. The summed E-state index contributed by atoms with van der Waals surface area (Å²) in [5.74, 6) is 0.337. The van der Waals surface area contributed by atoms with Crippen molar-refractivity contribution in [3.8, 4) is 5.75 Å². The molecule has 0 radical (unpaired) electrons. The Bertz CT molecular complexity index is 757. The van der Waals surface area contributed by atoms with Crippen molar-refractivity contribution in [1.29, 1.82) is 0 Å². The summed E-state index contributed by atoms with van der Waals surface area (Å²) in [5, 5.41) is 10.4. The number of para-hydroxylation sites is 1. The Kier molecular flexibility index (Phi) is 3.24. The molecule has 1 aliphatic heterocycles. The lowest BCUT2D eigenvalue weighted by molar-refractivity contribution is -0.0179. The van der Waals surface area contributed by atoms with Crippen LogP contribution < -0.4 is 4.74 Å². The molecule has 1 heterocycles. The molecule has 21 heavy (non-hydrogen) atoms. The number of rotatable bonds is 2. The van der Waals surface area contributed by atoms with Gasteiger partial charge in [-0.2, -0.15) is 8.42 Å². The molecule has 0 bridgehead atoms. The number of aliphatic hydroxyl groups is 1. The van der Waals surface area contributed by atoms with Crippen LogP contribution in [0.3, 0.4) is 0 Å². The van der Waals surface area contributed by atoms with Crippen LogP contribution in [0.1, 0.15) is 11.1 Å². The van der Waals surface area contributed by atoms with Gasteiger partial charge in [0.1, 0.15) is 11.9 Å². The maximum atomic E-state index is 12.0. The maximum absolute atomic E-state index is 12.0. The monoisotopic (exact) mass is 306 g/mol. The van der Waals surface area contributed by atoms with Gasteiger partial charge in [0.25, 0.3) is 4.93 Å². The first-order valence-electron chi connectivity index (χ1n) is 6.42. The lowest BCUT2D eigenvalue weighted by Crippen LogP contribution is -2.54. The van der Waals surface area contributed by atoms with E-state index in [0.29, 0.717) is 11.3 Å². The molecule has 3 rings (SSSR count). The zero-order valence-electron chi connectivity index (χ0n) is 11.0. The molecule has 2 unspecified atom stereocenters. The van der Waals surface area contributed by atoms with Crippen LogP contribution in [-0.2, 0) is 21.5 Å². The standard InChI is InChI=1S/C15H14O5S/c16-14-10-11-6-4-5-9-13(11)20-15(14,21(17,18)19)12-7-2-1-3-8-12/h1-9,14,16H,10H2,(H,17,18,19). The second kappa shape index (κ2) is 4.84. The second-order valence-corrected chi connectivity index (χ2v) is 6.49. The van der Waals surface area contributed by atoms with Gasteiger partial charge in [-0.15, -0.1) is 0 Å². The van der Waals surface area contributed by atoms with E-state index in [-0.39, 0.29) is 12.0 Å². The third-order valence-corrected chi connectivity index (χ3v) is 5.00. The van der Waals surface area contributed by atoms with Crippen LogP contribution in [0.4, 0.5) is 0 Å². The molecule has 110 valence electrons. The number of hydrogen-bond acceptors (Lipinski definition) is 4. The fraction of sp³-hybridized carbons (Fsp3) is 0.200. The average Bonchev–Trinajstić information content (AvgIpc) is 2.46. The van der Waals surface area contributed by atoms with Crippen molar-refractivity contribution in [2.45, 2.75) is 17.5 Å². The highest BCUT2D eigenvalue weighted by Crippen LogP contribution is 2.42. The summed E-state index contributed by atoms with van der Waals surface area (Å²) in [6, 6.07) is 14.8. The van der Waals surface area contributed by atoms with Crippen molar-refractivity contribution in [3.05, 3.63) is 65.7 Å². The fourth-order valence-corrected chi connectivity index (χ4v) is 3.70. The molecule has 2 aromatic carbocycles. The molecule has 2 atom stereocenters. The summed E-state index contributed by atoms with van der Waals surface area (Å²) in [6.45, 7) is 0. The van der Waals surface area contributed by atoms with Crippen LogP contribution in [0, 0.1) is 0 Å². The van der Waals surface area contributed by atoms with Gasteiger partial charge in [-0.1, -0.05) is 48.5 Å². The van der Waals surface area contributed by atoms with Gasteiger partial charge in [-0.05, 0) is 11.6 Å². The predicted octanol–water partition coefficient (Wildman–Crippen LogP) is 1.72. The van der Waals surface area contributed by atoms with E-state index in [1.165, 1.54) is 12.1 Å². The van der Waals surface area contributed by atoms with Gasteiger partial charge in [-0.3, -0.25) is 4.55 Å². The minimum Gasteiger partial charge on any atom is -0.461 e. The van der Waals surface area contributed by atoms with Gasteiger partial charge in [0, 0.05) is 12.0 Å². The lowest BCUT2D eigenvalue weighted by Gasteiger charge is -2.39. The van der Waals surface area contributed by atoms with Gasteiger partial charge in [0.05, 0.1) is 0 Å². The predicted molar refractivity (Wildman–Crippen MR) is 76.4 cm³/mol. The molecule has 0 saturated heterocycles. The first kappa shape index (κ1) is 14.1. The minimum atomic E-state index is -4.70. The molecule has 6 heteroatoms. The third-order valence-electron chi connectivity index (χ3n) is 3.65. The van der Waals surface area contributed by atoms with Crippen molar-refractivity contribution >= 4 is 10.1 Å². The van der Waals surface area contributed by atoms with E-state index in [1.54, 1.807) is 42.5 Å². The van der Waals surface area contributed by atoms with Crippen LogP contribution in [0.25, 0.3) is 0 Å². The van der Waals surface area contributed by atoms with Gasteiger partial charge in [-0.25, -0.2) is 0 Å². The van der Waals surface area contributed by atoms with Gasteiger partial charge in [0.15, 0.2) is 0 Å². The first-order valence-corrected chi connectivity index (χ1v) is 7.87. The first-order chi connectivity index (χ1) is 9.95. The van der Waals surface area contributed by atoms with E-state index < -0.39 is 21.2 Å². The van der Waals surface area contributed by atoms with Crippen LogP contribution in [0.2, 0.25) is 0 Å². The second-order valence-electron chi connectivity index (χ2n) is 4.94. The number of benzene rings is 2. The van der Waals surface area contributed by atoms with E-state index in [9.17, 15) is 18.1 Å². The minimum absolute atomic E-state index is 0.0743. The van der Waals surface area contributed by atoms with Gasteiger partial charge >= 0.3 is 10.1 Å². The topological polar surface area (TPSA) is 83.8 Å². The molecular formula is C15H14O5S. The molecule has 5 nitrogen and oxygen atoms in total. The molecule has 0 aromatic heterocycles. The van der Waals surface area contributed by atoms with Gasteiger partial charge in [0.2, 0.25) is 0 Å². The molecular weight excluding hydrogens is 292 g/mol. The summed E-state index contributed by atoms with van der Waals surface area (Å²) in [6.07, 6.45) is -1.34. The van der Waals surface area contributed by atoms with Crippen LogP contribution in [0.15, 0.2) is 54.6 Å². The summed E-state index contributed by atoms with van der Waals surface area (Å²) in [4.78, 5) is -2.21. The molecule has 0 fully saturated rings. The maximum Gasteiger partial charge on any atom is 0.313 e. The Morgan fingerprint density at radius 3 is 2.33 bits per heavy atom. The zero-order valence-corrected chi connectivity index (χ0v) is 11.8. The zero-order chi connectivity index (χ0) is 15.1. The molecule has 1 aliphatic rings. The number of ether oxygens (including phenoxy) is 1. The van der Waals surface area contributed by atoms with Crippen molar-refractivity contribution in [2.24, 2.45) is 0 Å². The molecule has 0 spiro atoms. The number of hydrogen-bond donors (Lipinski definition) is 2. The summed E-state index contributed by atoms with van der Waals surface area (Å²) in [5.41, 5.74) is 0.884. The SMILES string of the molecule is O=S(=O)(O)C1(c2ccccc2)Oc2ccccc2CC1O. The smallest absolute Gasteiger partial charge is 0.313 e. The highest BCUT2D eigenvalue weighted by atomic mass is 32.2. The number of fused-ring (bicyclic) bond motifs is 1. The highest BCUT2D eigenvalue weighted by Gasteiger charge is 2.56. The Morgan fingerprint density at radius 1 is 1.05 bits per heavy atom. The van der Waals surface area contributed by atoms with E-state index in [1.807, 2.05) is 0 Å². The Morgan fingerprint density at radius 2 is 1.67 bits per heavy atom. The van der Waals surface area contributed by atoms with E-state index in [0.717, 1.165) is 0 Å². The van der Waals surface area contributed by atoms with Crippen molar-refractivity contribution < 1.29 is 22.8 Å².